The molecule has 1 heterocycles. The number of hydrogen-bond acceptors (Lipinski definition) is 7. The zero-order chi connectivity index (χ0) is 20.9. The second-order valence-electron chi connectivity index (χ2n) is 6.67. The normalized spacial score (nSPS) is 12.9. The lowest BCUT2D eigenvalue weighted by Gasteiger charge is -2.15. The Hall–Kier alpha value is -2.43. The highest BCUT2D eigenvalue weighted by Crippen LogP contribution is 2.15. The number of hydrogen-bond donors (Lipinski definition) is 1. The Kier molecular flexibility index (Phi) is 6.81. The van der Waals surface area contributed by atoms with Gasteiger partial charge in [-0.2, -0.15) is 8.42 Å². The molecular formula is C18H20F2N2O5S. The zero-order valence-corrected chi connectivity index (χ0v) is 16.3. The Balaban J connectivity index is 2.32. The van der Waals surface area contributed by atoms with Crippen LogP contribution in [0.2, 0.25) is 0 Å². The first kappa shape index (κ1) is 21.9. The molecule has 0 bridgehead atoms. The second-order valence-corrected chi connectivity index (χ2v) is 8.32. The van der Waals surface area contributed by atoms with Crippen LogP contribution < -0.4 is 0 Å². The maximum atomic E-state index is 13.6. The number of oxime groups is 1. The summed E-state index contributed by atoms with van der Waals surface area (Å²) in [7, 11) is -3.60. The van der Waals surface area contributed by atoms with E-state index in [0.717, 1.165) is 18.4 Å². The van der Waals surface area contributed by atoms with E-state index in [1.807, 2.05) is 0 Å². The maximum absolute atomic E-state index is 13.6. The number of benzene rings is 1. The molecule has 0 spiro atoms. The summed E-state index contributed by atoms with van der Waals surface area (Å²) in [5, 5.41) is 13.6. The van der Waals surface area contributed by atoms with Crippen molar-refractivity contribution in [1.82, 2.24) is 4.98 Å². The van der Waals surface area contributed by atoms with Gasteiger partial charge in [-0.3, -0.25) is 9.17 Å². The van der Waals surface area contributed by atoms with Crippen molar-refractivity contribution < 1.29 is 31.3 Å². The second kappa shape index (κ2) is 8.72. The molecule has 0 saturated carbocycles. The van der Waals surface area contributed by atoms with E-state index in [4.69, 9.17) is 4.84 Å². The summed E-state index contributed by atoms with van der Waals surface area (Å²) in [4.78, 5) is 9.30. The van der Waals surface area contributed by atoms with Crippen molar-refractivity contribution in [3.05, 3.63) is 65.0 Å². The summed E-state index contributed by atoms with van der Waals surface area (Å²) in [6.45, 7) is 2.71. The summed E-state index contributed by atoms with van der Waals surface area (Å²) in [6, 6.07) is 6.27. The highest BCUT2D eigenvalue weighted by molar-refractivity contribution is 7.85. The molecule has 0 atom stereocenters. The summed E-state index contributed by atoms with van der Waals surface area (Å²) < 4.78 is 53.7. The fourth-order valence-electron chi connectivity index (χ4n) is 1.97. The predicted octanol–water partition coefficient (Wildman–Crippen LogP) is 2.38. The van der Waals surface area contributed by atoms with E-state index in [9.17, 15) is 22.3 Å². The topological polar surface area (TPSA) is 98.1 Å². The van der Waals surface area contributed by atoms with Crippen LogP contribution in [-0.2, 0) is 25.7 Å². The summed E-state index contributed by atoms with van der Waals surface area (Å²) >= 11 is 0. The molecule has 0 aliphatic carbocycles. The van der Waals surface area contributed by atoms with Crippen molar-refractivity contribution in [2.45, 2.75) is 26.1 Å². The van der Waals surface area contributed by atoms with Crippen molar-refractivity contribution in [3.8, 4) is 0 Å². The highest BCUT2D eigenvalue weighted by atomic mass is 32.2. The molecule has 28 heavy (non-hydrogen) atoms. The fourth-order valence-corrected chi connectivity index (χ4v) is 2.32. The number of halogens is 2. The van der Waals surface area contributed by atoms with Crippen LogP contribution in [0.1, 0.15) is 30.7 Å². The highest BCUT2D eigenvalue weighted by Gasteiger charge is 2.16. The van der Waals surface area contributed by atoms with Gasteiger partial charge in [0.15, 0.2) is 11.6 Å². The van der Waals surface area contributed by atoms with Gasteiger partial charge in [-0.1, -0.05) is 11.2 Å². The van der Waals surface area contributed by atoms with Gasteiger partial charge in [0.2, 0.25) is 0 Å². The van der Waals surface area contributed by atoms with E-state index < -0.39 is 27.4 Å². The summed E-state index contributed by atoms with van der Waals surface area (Å²) in [6.07, 6.45) is 2.30. The van der Waals surface area contributed by atoms with Gasteiger partial charge in [0.25, 0.3) is 10.1 Å². The number of aliphatic hydroxyl groups is 1. The van der Waals surface area contributed by atoms with Crippen molar-refractivity contribution in [2.75, 3.05) is 12.9 Å². The Bertz CT molecular complexity index is 955. The average molecular weight is 414 g/mol. The molecule has 2 aromatic rings. The van der Waals surface area contributed by atoms with E-state index in [1.165, 1.54) is 32.2 Å². The lowest BCUT2D eigenvalue weighted by molar-refractivity contribution is -0.0189. The minimum atomic E-state index is -3.60. The SMILES string of the molecule is CC(C)(O)CON=C(c1ccc(F)c(F)c1)c1ccc(COS(C)(=O)=O)cn1. The molecule has 0 unspecified atom stereocenters. The predicted molar refractivity (Wildman–Crippen MR) is 98.1 cm³/mol. The monoisotopic (exact) mass is 414 g/mol. The quantitative estimate of drug-likeness (QED) is 0.405. The first-order valence-electron chi connectivity index (χ1n) is 8.12. The molecule has 0 aliphatic rings. The van der Waals surface area contributed by atoms with Crippen LogP contribution in [0.5, 0.6) is 0 Å². The van der Waals surface area contributed by atoms with Gasteiger partial charge in [-0.15, -0.1) is 0 Å². The molecule has 0 saturated heterocycles. The third-order valence-corrected chi connectivity index (χ3v) is 3.82. The van der Waals surface area contributed by atoms with Gasteiger partial charge >= 0.3 is 0 Å². The summed E-state index contributed by atoms with van der Waals surface area (Å²) in [5.41, 5.74) is -0.0785. The molecule has 1 aromatic heterocycles. The van der Waals surface area contributed by atoms with Gasteiger partial charge in [-0.25, -0.2) is 8.78 Å². The Morgan fingerprint density at radius 3 is 2.46 bits per heavy atom. The number of rotatable bonds is 8. The molecule has 1 aromatic carbocycles. The van der Waals surface area contributed by atoms with Gasteiger partial charge < -0.3 is 9.94 Å². The smallest absolute Gasteiger partial charge is 0.264 e. The molecule has 10 heteroatoms. The third-order valence-electron chi connectivity index (χ3n) is 3.27. The van der Waals surface area contributed by atoms with E-state index >= 15 is 0 Å². The minimum absolute atomic E-state index is 0.110. The third kappa shape index (κ3) is 6.95. The lowest BCUT2D eigenvalue weighted by atomic mass is 10.1. The number of pyridine rings is 1. The van der Waals surface area contributed by atoms with Crippen molar-refractivity contribution in [1.29, 1.82) is 0 Å². The first-order chi connectivity index (χ1) is 12.9. The molecule has 152 valence electrons. The minimum Gasteiger partial charge on any atom is -0.392 e. The fraction of sp³-hybridized carbons (Fsp3) is 0.333. The van der Waals surface area contributed by atoms with Crippen LogP contribution in [0.25, 0.3) is 0 Å². The Labute approximate surface area is 161 Å². The van der Waals surface area contributed by atoms with Gasteiger partial charge in [0.05, 0.1) is 24.2 Å². The van der Waals surface area contributed by atoms with E-state index in [1.54, 1.807) is 6.07 Å². The van der Waals surface area contributed by atoms with Crippen LogP contribution in [0.4, 0.5) is 8.78 Å². The number of nitrogens with zero attached hydrogens (tertiary/aromatic N) is 2. The van der Waals surface area contributed by atoms with Crippen molar-refractivity contribution in [2.24, 2.45) is 5.16 Å². The van der Waals surface area contributed by atoms with Gasteiger partial charge in [0.1, 0.15) is 12.3 Å². The first-order valence-corrected chi connectivity index (χ1v) is 9.94. The standard InChI is InChI=1S/C18H20F2N2O5S/c1-18(2,23)11-26-22-17(13-5-6-14(19)15(20)8-13)16-7-4-12(9-21-16)10-27-28(3,24)25/h4-9,23H,10-11H2,1-3H3. The molecule has 0 aliphatic heterocycles. The van der Waals surface area contributed by atoms with E-state index in [2.05, 4.69) is 14.3 Å². The molecular weight excluding hydrogens is 394 g/mol. The van der Waals surface area contributed by atoms with Crippen LogP contribution in [0.3, 0.4) is 0 Å². The molecule has 0 fully saturated rings. The number of aromatic nitrogens is 1. The summed E-state index contributed by atoms with van der Waals surface area (Å²) in [5.74, 6) is -2.08. The largest absolute Gasteiger partial charge is 0.392 e. The zero-order valence-electron chi connectivity index (χ0n) is 15.5. The van der Waals surface area contributed by atoms with Crippen LogP contribution in [0.15, 0.2) is 41.7 Å². The van der Waals surface area contributed by atoms with Gasteiger partial charge in [-0.05, 0) is 43.7 Å². The maximum Gasteiger partial charge on any atom is 0.264 e. The lowest BCUT2D eigenvalue weighted by Crippen LogP contribution is -2.25. The molecule has 1 N–H and O–H groups in total. The van der Waals surface area contributed by atoms with Gasteiger partial charge in [0, 0.05) is 11.8 Å². The molecule has 2 rings (SSSR count). The molecule has 0 amide bonds. The van der Waals surface area contributed by atoms with E-state index in [-0.39, 0.29) is 30.2 Å². The molecule has 0 radical (unpaired) electrons. The van der Waals surface area contributed by atoms with Crippen LogP contribution in [0, 0.1) is 11.6 Å². The Morgan fingerprint density at radius 2 is 1.93 bits per heavy atom. The van der Waals surface area contributed by atoms with Crippen molar-refractivity contribution >= 4 is 15.8 Å². The van der Waals surface area contributed by atoms with Crippen LogP contribution >= 0.6 is 0 Å². The van der Waals surface area contributed by atoms with Crippen LogP contribution in [-0.4, -0.2) is 42.7 Å². The Morgan fingerprint density at radius 1 is 1.21 bits per heavy atom. The average Bonchev–Trinajstić information content (AvgIpc) is 2.59. The van der Waals surface area contributed by atoms with Crippen molar-refractivity contribution in [3.63, 3.8) is 0 Å². The molecule has 7 nitrogen and oxygen atoms in total. The van der Waals surface area contributed by atoms with E-state index in [0.29, 0.717) is 5.56 Å².